The van der Waals surface area contributed by atoms with Crippen molar-refractivity contribution in [2.24, 2.45) is 12.5 Å². The first-order valence-electron chi connectivity index (χ1n) is 6.00. The van der Waals surface area contributed by atoms with Crippen LogP contribution in [-0.2, 0) is 11.8 Å². The van der Waals surface area contributed by atoms with E-state index in [1.165, 1.54) is 10.9 Å². The Morgan fingerprint density at radius 1 is 1.61 bits per heavy atom. The minimum absolute atomic E-state index is 0.0214. The maximum Gasteiger partial charge on any atom is 0.330 e. The van der Waals surface area contributed by atoms with Crippen LogP contribution in [0.1, 0.15) is 19.8 Å². The van der Waals surface area contributed by atoms with Gasteiger partial charge in [0.15, 0.2) is 0 Å². The molecule has 1 aliphatic heterocycles. The molecule has 0 saturated carbocycles. The van der Waals surface area contributed by atoms with Crippen molar-refractivity contribution >= 4 is 11.5 Å². The van der Waals surface area contributed by atoms with Gasteiger partial charge in [0.25, 0.3) is 0 Å². The molecule has 0 bridgehead atoms. The van der Waals surface area contributed by atoms with Gasteiger partial charge in [-0.2, -0.15) is 0 Å². The molecular weight excluding hydrogens is 236 g/mol. The number of nitrogens with one attached hydrogen (secondary N) is 1. The van der Waals surface area contributed by atoms with Gasteiger partial charge in [0.1, 0.15) is 6.20 Å². The predicted octanol–water partition coefficient (Wildman–Crippen LogP) is 1.56. The molecule has 1 saturated heterocycles. The van der Waals surface area contributed by atoms with Gasteiger partial charge in [-0.3, -0.25) is 14.8 Å². The number of aryl methyl sites for hydroxylation is 1. The maximum absolute atomic E-state index is 10.9. The van der Waals surface area contributed by atoms with Gasteiger partial charge in [0, 0.05) is 26.8 Å². The summed E-state index contributed by atoms with van der Waals surface area (Å²) in [5.41, 5.74) is 0.136. The highest BCUT2D eigenvalue weighted by atomic mass is 16.6. The van der Waals surface area contributed by atoms with E-state index in [-0.39, 0.29) is 11.1 Å². The van der Waals surface area contributed by atoms with Crippen LogP contribution in [0.5, 0.6) is 0 Å². The summed E-state index contributed by atoms with van der Waals surface area (Å²) in [5.74, 6) is 0.343. The first-order chi connectivity index (χ1) is 8.50. The lowest BCUT2D eigenvalue weighted by molar-refractivity contribution is -0.384. The summed E-state index contributed by atoms with van der Waals surface area (Å²) in [5, 5.41) is 18.0. The highest BCUT2D eigenvalue weighted by Gasteiger charge is 2.28. The molecule has 18 heavy (non-hydrogen) atoms. The second kappa shape index (κ2) is 4.93. The van der Waals surface area contributed by atoms with Gasteiger partial charge in [-0.25, -0.2) is 0 Å². The highest BCUT2D eigenvalue weighted by molar-refractivity contribution is 5.54. The highest BCUT2D eigenvalue weighted by Crippen LogP contribution is 2.31. The Morgan fingerprint density at radius 3 is 2.89 bits per heavy atom. The monoisotopic (exact) mass is 254 g/mol. The van der Waals surface area contributed by atoms with E-state index in [1.807, 2.05) is 0 Å². The minimum atomic E-state index is -0.415. The number of nitrogens with zero attached hydrogens (tertiary/aromatic N) is 3. The fraction of sp³-hybridized carbons (Fsp3) is 0.727. The third-order valence-corrected chi connectivity index (χ3v) is 3.39. The lowest BCUT2D eigenvalue weighted by Gasteiger charge is -2.33. The SMILES string of the molecule is Cn1cc([N+](=O)[O-])c(NCC2(C)CCOCC2)n1. The number of hydrogen-bond donors (Lipinski definition) is 1. The normalized spacial score (nSPS) is 18.6. The third kappa shape index (κ3) is 2.79. The topological polar surface area (TPSA) is 82.2 Å². The molecule has 0 unspecified atom stereocenters. The number of aromatic nitrogens is 2. The summed E-state index contributed by atoms with van der Waals surface area (Å²) >= 11 is 0. The fourth-order valence-electron chi connectivity index (χ4n) is 2.07. The number of hydrogen-bond acceptors (Lipinski definition) is 5. The van der Waals surface area contributed by atoms with E-state index in [4.69, 9.17) is 4.74 Å². The quantitative estimate of drug-likeness (QED) is 0.651. The molecule has 100 valence electrons. The molecule has 1 fully saturated rings. The zero-order chi connectivity index (χ0) is 13.2. The Balaban J connectivity index is 2.03. The van der Waals surface area contributed by atoms with Crippen molar-refractivity contribution in [2.75, 3.05) is 25.1 Å². The van der Waals surface area contributed by atoms with E-state index < -0.39 is 4.92 Å². The summed E-state index contributed by atoms with van der Waals surface area (Å²) in [6, 6.07) is 0. The summed E-state index contributed by atoms with van der Waals surface area (Å²) in [6.07, 6.45) is 3.33. The second-order valence-corrected chi connectivity index (χ2v) is 5.07. The molecule has 0 spiro atoms. The number of rotatable bonds is 4. The molecule has 2 heterocycles. The summed E-state index contributed by atoms with van der Waals surface area (Å²) < 4.78 is 6.78. The average Bonchev–Trinajstić information content (AvgIpc) is 2.69. The van der Waals surface area contributed by atoms with E-state index in [1.54, 1.807) is 7.05 Å². The van der Waals surface area contributed by atoms with Crippen molar-refractivity contribution in [1.29, 1.82) is 0 Å². The van der Waals surface area contributed by atoms with Crippen LogP contribution in [0.2, 0.25) is 0 Å². The summed E-state index contributed by atoms with van der Waals surface area (Å²) in [6.45, 7) is 4.34. The van der Waals surface area contributed by atoms with Crippen molar-refractivity contribution in [1.82, 2.24) is 9.78 Å². The first-order valence-corrected chi connectivity index (χ1v) is 6.00. The summed E-state index contributed by atoms with van der Waals surface area (Å²) in [4.78, 5) is 10.4. The van der Waals surface area contributed by atoms with Crippen LogP contribution in [0.4, 0.5) is 11.5 Å². The van der Waals surface area contributed by atoms with Crippen molar-refractivity contribution < 1.29 is 9.66 Å². The Bertz CT molecular complexity index is 437. The van der Waals surface area contributed by atoms with Crippen LogP contribution < -0.4 is 5.32 Å². The standard InChI is InChI=1S/C11H18N4O3/c1-11(3-5-18-6-4-11)8-12-10-9(15(16)17)7-14(2)13-10/h7H,3-6,8H2,1-2H3,(H,12,13). The van der Waals surface area contributed by atoms with Gasteiger partial charge in [-0.1, -0.05) is 6.92 Å². The van der Waals surface area contributed by atoms with Crippen molar-refractivity contribution in [3.63, 3.8) is 0 Å². The van der Waals surface area contributed by atoms with E-state index >= 15 is 0 Å². The van der Waals surface area contributed by atoms with E-state index in [9.17, 15) is 10.1 Å². The van der Waals surface area contributed by atoms with E-state index in [2.05, 4.69) is 17.3 Å². The minimum Gasteiger partial charge on any atom is -0.381 e. The molecule has 1 aromatic rings. The van der Waals surface area contributed by atoms with Crippen LogP contribution >= 0.6 is 0 Å². The van der Waals surface area contributed by atoms with Gasteiger partial charge in [0.2, 0.25) is 5.82 Å². The molecular formula is C11H18N4O3. The third-order valence-electron chi connectivity index (χ3n) is 3.39. The zero-order valence-electron chi connectivity index (χ0n) is 10.7. The number of ether oxygens (including phenoxy) is 1. The van der Waals surface area contributed by atoms with Crippen LogP contribution in [-0.4, -0.2) is 34.5 Å². The van der Waals surface area contributed by atoms with Crippen LogP contribution in [0.25, 0.3) is 0 Å². The van der Waals surface area contributed by atoms with E-state index in [0.717, 1.165) is 26.1 Å². The largest absolute Gasteiger partial charge is 0.381 e. The predicted molar refractivity (Wildman–Crippen MR) is 66.5 cm³/mol. The van der Waals surface area contributed by atoms with Gasteiger partial charge < -0.3 is 10.1 Å². The molecule has 1 aliphatic rings. The molecule has 0 amide bonds. The molecule has 0 aromatic carbocycles. The Labute approximate surface area is 105 Å². The molecule has 1 N–H and O–H groups in total. The average molecular weight is 254 g/mol. The van der Waals surface area contributed by atoms with Crippen LogP contribution in [0.3, 0.4) is 0 Å². The molecule has 7 nitrogen and oxygen atoms in total. The number of anilines is 1. The molecule has 2 rings (SSSR count). The molecule has 0 atom stereocenters. The van der Waals surface area contributed by atoms with Gasteiger partial charge in [-0.05, 0) is 18.3 Å². The van der Waals surface area contributed by atoms with Crippen molar-refractivity contribution in [3.05, 3.63) is 16.3 Å². The van der Waals surface area contributed by atoms with Gasteiger partial charge >= 0.3 is 5.69 Å². The van der Waals surface area contributed by atoms with Crippen molar-refractivity contribution in [3.8, 4) is 0 Å². The molecule has 7 heteroatoms. The second-order valence-electron chi connectivity index (χ2n) is 5.07. The summed E-state index contributed by atoms with van der Waals surface area (Å²) in [7, 11) is 1.67. The van der Waals surface area contributed by atoms with Gasteiger partial charge in [0.05, 0.1) is 4.92 Å². The molecule has 0 aliphatic carbocycles. The van der Waals surface area contributed by atoms with E-state index in [0.29, 0.717) is 12.4 Å². The van der Waals surface area contributed by atoms with Crippen molar-refractivity contribution in [2.45, 2.75) is 19.8 Å². The fourth-order valence-corrected chi connectivity index (χ4v) is 2.07. The van der Waals surface area contributed by atoms with Crippen LogP contribution in [0, 0.1) is 15.5 Å². The number of nitro groups is 1. The lowest BCUT2D eigenvalue weighted by Crippen LogP contribution is -2.33. The Morgan fingerprint density at radius 2 is 2.28 bits per heavy atom. The van der Waals surface area contributed by atoms with Crippen LogP contribution in [0.15, 0.2) is 6.20 Å². The lowest BCUT2D eigenvalue weighted by atomic mass is 9.82. The zero-order valence-corrected chi connectivity index (χ0v) is 10.7. The molecule has 0 radical (unpaired) electrons. The first kappa shape index (κ1) is 12.8. The smallest absolute Gasteiger partial charge is 0.330 e. The Kier molecular flexibility index (Phi) is 3.51. The molecule has 1 aromatic heterocycles. The maximum atomic E-state index is 10.9. The Hall–Kier alpha value is -1.63. The van der Waals surface area contributed by atoms with Gasteiger partial charge in [-0.15, -0.1) is 5.10 Å².